The molecular weight excluding hydrogens is 294 g/mol. The number of aromatic nitrogens is 3. The van der Waals surface area contributed by atoms with Gasteiger partial charge in [0.05, 0.1) is 6.20 Å². The Morgan fingerprint density at radius 1 is 1.22 bits per heavy atom. The van der Waals surface area contributed by atoms with E-state index >= 15 is 0 Å². The third kappa shape index (κ3) is 5.07. The fourth-order valence-electron chi connectivity index (χ4n) is 2.26. The molecule has 1 aromatic heterocycles. The van der Waals surface area contributed by atoms with E-state index < -0.39 is 0 Å². The van der Waals surface area contributed by atoms with Crippen LogP contribution in [0, 0.1) is 0 Å². The van der Waals surface area contributed by atoms with Crippen molar-refractivity contribution in [2.45, 2.75) is 32.2 Å². The van der Waals surface area contributed by atoms with Crippen LogP contribution in [0.4, 0.5) is 5.69 Å². The van der Waals surface area contributed by atoms with Gasteiger partial charge in [-0.2, -0.15) is 0 Å². The molecule has 7 nitrogen and oxygen atoms in total. The molecule has 23 heavy (non-hydrogen) atoms. The molecular formula is C16H23N5O2. The second-order valence-corrected chi connectivity index (χ2v) is 5.65. The molecule has 0 saturated carbocycles. The number of nitrogens with zero attached hydrogens (tertiary/aromatic N) is 4. The van der Waals surface area contributed by atoms with E-state index in [1.807, 2.05) is 37.1 Å². The number of carbonyl (C=O) groups excluding carboxylic acids is 1. The highest BCUT2D eigenvalue weighted by atomic mass is 16.5. The Morgan fingerprint density at radius 3 is 2.61 bits per heavy atom. The molecule has 1 heterocycles. The molecule has 0 atom stereocenters. The molecule has 1 amide bonds. The Hall–Kier alpha value is -2.41. The number of anilines is 1. The number of unbranched alkanes of at least 4 members (excludes halogenated alkanes) is 2. The minimum atomic E-state index is -0.339. The number of amides is 1. The van der Waals surface area contributed by atoms with Crippen LogP contribution in [0.3, 0.4) is 0 Å². The summed E-state index contributed by atoms with van der Waals surface area (Å²) in [4.78, 5) is 12.9. The molecule has 0 aliphatic rings. The number of rotatable bonds is 8. The van der Waals surface area contributed by atoms with Gasteiger partial charge in [-0.05, 0) is 25.0 Å². The van der Waals surface area contributed by atoms with Crippen molar-refractivity contribution in [2.75, 3.05) is 19.0 Å². The molecule has 2 aromatic rings. The second kappa shape index (κ2) is 8.28. The molecule has 0 unspecified atom stereocenters. The zero-order valence-electron chi connectivity index (χ0n) is 13.6. The van der Waals surface area contributed by atoms with E-state index in [0.717, 1.165) is 42.8 Å². The SMILES string of the molecule is CN(C)c1ccc(-c2cn(CCCCCC(=O)NO)nn2)cc1. The van der Waals surface area contributed by atoms with Gasteiger partial charge in [0, 0.05) is 38.3 Å². The average molecular weight is 317 g/mol. The second-order valence-electron chi connectivity index (χ2n) is 5.65. The molecule has 0 radical (unpaired) electrons. The normalized spacial score (nSPS) is 10.6. The van der Waals surface area contributed by atoms with Crippen LogP contribution in [-0.4, -0.2) is 40.2 Å². The summed E-state index contributed by atoms with van der Waals surface area (Å²) in [5.41, 5.74) is 4.68. The Labute approximate surface area is 135 Å². The number of nitrogens with one attached hydrogen (secondary N) is 1. The molecule has 0 aliphatic heterocycles. The summed E-state index contributed by atoms with van der Waals surface area (Å²) in [7, 11) is 4.02. The molecule has 0 bridgehead atoms. The fourth-order valence-corrected chi connectivity index (χ4v) is 2.26. The van der Waals surface area contributed by atoms with Crippen molar-refractivity contribution in [1.82, 2.24) is 20.5 Å². The van der Waals surface area contributed by atoms with Gasteiger partial charge in [-0.3, -0.25) is 14.7 Å². The highest BCUT2D eigenvalue weighted by Crippen LogP contribution is 2.20. The Balaban J connectivity index is 1.82. The fraction of sp³-hybridized carbons (Fsp3) is 0.438. The third-order valence-corrected chi connectivity index (χ3v) is 3.63. The molecule has 7 heteroatoms. The summed E-state index contributed by atoms with van der Waals surface area (Å²) >= 11 is 0. The van der Waals surface area contributed by atoms with Crippen LogP contribution in [0.2, 0.25) is 0 Å². The Morgan fingerprint density at radius 2 is 1.96 bits per heavy atom. The Kier molecular flexibility index (Phi) is 6.10. The van der Waals surface area contributed by atoms with Crippen LogP contribution in [-0.2, 0) is 11.3 Å². The van der Waals surface area contributed by atoms with Crippen molar-refractivity contribution >= 4 is 11.6 Å². The predicted molar refractivity (Wildman–Crippen MR) is 88.2 cm³/mol. The van der Waals surface area contributed by atoms with Crippen LogP contribution >= 0.6 is 0 Å². The van der Waals surface area contributed by atoms with Gasteiger partial charge >= 0.3 is 0 Å². The van der Waals surface area contributed by atoms with Crippen molar-refractivity contribution in [2.24, 2.45) is 0 Å². The van der Waals surface area contributed by atoms with E-state index in [9.17, 15) is 4.79 Å². The standard InChI is InChI=1S/C16H23N5O2/c1-20(2)14-9-7-13(8-10-14)15-12-21(19-17-15)11-5-3-4-6-16(22)18-23/h7-10,12,23H,3-6,11H2,1-2H3,(H,18,22). The molecule has 124 valence electrons. The van der Waals surface area contributed by atoms with Gasteiger partial charge in [-0.25, -0.2) is 5.48 Å². The summed E-state index contributed by atoms with van der Waals surface area (Å²) < 4.78 is 1.82. The van der Waals surface area contributed by atoms with Crippen molar-refractivity contribution in [1.29, 1.82) is 0 Å². The van der Waals surface area contributed by atoms with Crippen molar-refractivity contribution in [3.63, 3.8) is 0 Å². The van der Waals surface area contributed by atoms with Gasteiger partial charge in [0.1, 0.15) is 5.69 Å². The molecule has 2 N–H and O–H groups in total. The molecule has 2 rings (SSSR count). The zero-order valence-corrected chi connectivity index (χ0v) is 13.6. The number of hydroxylamine groups is 1. The summed E-state index contributed by atoms with van der Waals surface area (Å²) in [6, 6.07) is 8.19. The van der Waals surface area contributed by atoms with E-state index in [-0.39, 0.29) is 5.91 Å². The smallest absolute Gasteiger partial charge is 0.243 e. The first-order valence-corrected chi connectivity index (χ1v) is 7.71. The molecule has 0 saturated heterocycles. The van der Waals surface area contributed by atoms with Crippen molar-refractivity contribution in [3.05, 3.63) is 30.5 Å². The maximum Gasteiger partial charge on any atom is 0.243 e. The lowest BCUT2D eigenvalue weighted by atomic mass is 10.1. The van der Waals surface area contributed by atoms with E-state index in [0.29, 0.717) is 6.42 Å². The summed E-state index contributed by atoms with van der Waals surface area (Å²) in [6.45, 7) is 0.767. The van der Waals surface area contributed by atoms with Gasteiger partial charge in [0.2, 0.25) is 5.91 Å². The van der Waals surface area contributed by atoms with E-state index in [1.165, 1.54) is 0 Å². The lowest BCUT2D eigenvalue weighted by Crippen LogP contribution is -2.17. The van der Waals surface area contributed by atoms with Crippen LogP contribution in [0.15, 0.2) is 30.5 Å². The number of carbonyl (C=O) groups is 1. The molecule has 1 aromatic carbocycles. The minimum absolute atomic E-state index is 0.339. The highest BCUT2D eigenvalue weighted by Gasteiger charge is 2.05. The van der Waals surface area contributed by atoms with Crippen molar-refractivity contribution < 1.29 is 10.0 Å². The van der Waals surface area contributed by atoms with Crippen LogP contribution in [0.1, 0.15) is 25.7 Å². The minimum Gasteiger partial charge on any atom is -0.378 e. The number of hydrogen-bond donors (Lipinski definition) is 2. The number of benzene rings is 1. The monoisotopic (exact) mass is 317 g/mol. The maximum atomic E-state index is 10.9. The first kappa shape index (κ1) is 17.0. The summed E-state index contributed by atoms with van der Waals surface area (Å²) in [6.07, 6.45) is 4.85. The van der Waals surface area contributed by atoms with Crippen molar-refractivity contribution in [3.8, 4) is 11.3 Å². The highest BCUT2D eigenvalue weighted by molar-refractivity contribution is 5.74. The third-order valence-electron chi connectivity index (χ3n) is 3.63. The first-order chi connectivity index (χ1) is 11.1. The average Bonchev–Trinajstić information content (AvgIpc) is 3.03. The lowest BCUT2D eigenvalue weighted by molar-refractivity contribution is -0.129. The van der Waals surface area contributed by atoms with E-state index in [1.54, 1.807) is 5.48 Å². The first-order valence-electron chi connectivity index (χ1n) is 7.71. The molecule has 0 fully saturated rings. The Bertz CT molecular complexity index is 622. The number of aryl methyl sites for hydroxylation is 1. The van der Waals surface area contributed by atoms with Crippen LogP contribution < -0.4 is 10.4 Å². The largest absolute Gasteiger partial charge is 0.378 e. The zero-order chi connectivity index (χ0) is 16.7. The van der Waals surface area contributed by atoms with Gasteiger partial charge < -0.3 is 4.90 Å². The summed E-state index contributed by atoms with van der Waals surface area (Å²) in [5.74, 6) is -0.339. The molecule has 0 aliphatic carbocycles. The van der Waals surface area contributed by atoms with Gasteiger partial charge in [0.25, 0.3) is 0 Å². The predicted octanol–water partition coefficient (Wildman–Crippen LogP) is 2.08. The lowest BCUT2D eigenvalue weighted by Gasteiger charge is -2.11. The van der Waals surface area contributed by atoms with E-state index in [4.69, 9.17) is 5.21 Å². The van der Waals surface area contributed by atoms with Gasteiger partial charge in [-0.15, -0.1) is 5.10 Å². The van der Waals surface area contributed by atoms with E-state index in [2.05, 4.69) is 27.3 Å². The topological polar surface area (TPSA) is 83.3 Å². The quantitative estimate of drug-likeness (QED) is 0.442. The van der Waals surface area contributed by atoms with Crippen LogP contribution in [0.25, 0.3) is 11.3 Å². The molecule has 0 spiro atoms. The number of hydrogen-bond acceptors (Lipinski definition) is 5. The van der Waals surface area contributed by atoms with Gasteiger partial charge in [-0.1, -0.05) is 23.8 Å². The van der Waals surface area contributed by atoms with Crippen LogP contribution in [0.5, 0.6) is 0 Å². The van der Waals surface area contributed by atoms with Gasteiger partial charge in [0.15, 0.2) is 0 Å². The maximum absolute atomic E-state index is 10.9. The summed E-state index contributed by atoms with van der Waals surface area (Å²) in [5, 5.41) is 16.7.